The lowest BCUT2D eigenvalue weighted by Crippen LogP contribution is -2.69. The molecule has 0 radical (unpaired) electrons. The molecule has 24 heavy (non-hydrogen) atoms. The van der Waals surface area contributed by atoms with Crippen LogP contribution < -0.4 is 10.6 Å². The van der Waals surface area contributed by atoms with Crippen molar-refractivity contribution < 1.29 is 9.59 Å². The number of carbonyl (C=O) groups is 2. The van der Waals surface area contributed by atoms with Crippen molar-refractivity contribution in [2.24, 2.45) is 5.92 Å². The number of amides is 3. The quantitative estimate of drug-likeness (QED) is 0.816. The van der Waals surface area contributed by atoms with Gasteiger partial charge in [0, 0.05) is 32.5 Å². The fraction of sp³-hybridized carbons (Fsp3) is 0.579. The summed E-state index contributed by atoms with van der Waals surface area (Å²) in [6.07, 6.45) is 5.46. The Labute approximate surface area is 143 Å². The molecule has 1 saturated heterocycles. The van der Waals surface area contributed by atoms with Gasteiger partial charge in [-0.2, -0.15) is 0 Å². The van der Waals surface area contributed by atoms with Gasteiger partial charge in [-0.05, 0) is 24.8 Å². The van der Waals surface area contributed by atoms with Gasteiger partial charge in [-0.1, -0.05) is 43.2 Å². The van der Waals surface area contributed by atoms with Crippen molar-refractivity contribution in [2.75, 3.05) is 19.6 Å². The van der Waals surface area contributed by atoms with Crippen LogP contribution >= 0.6 is 0 Å². The van der Waals surface area contributed by atoms with Gasteiger partial charge in [0.1, 0.15) is 0 Å². The molecular formula is C19H27N3O2. The zero-order chi connectivity index (χ0) is 17.0. The van der Waals surface area contributed by atoms with Gasteiger partial charge >= 0.3 is 6.03 Å². The highest BCUT2D eigenvalue weighted by Crippen LogP contribution is 2.53. The van der Waals surface area contributed by atoms with Crippen LogP contribution in [0, 0.1) is 5.92 Å². The number of carbonyl (C=O) groups excluding carboxylic acids is 2. The van der Waals surface area contributed by atoms with Crippen LogP contribution in [-0.4, -0.2) is 36.5 Å². The Morgan fingerprint density at radius 1 is 1.17 bits per heavy atom. The number of hydrogen-bond acceptors (Lipinski definition) is 2. The van der Waals surface area contributed by atoms with Crippen molar-refractivity contribution in [1.82, 2.24) is 15.5 Å². The predicted octanol–water partition coefficient (Wildman–Crippen LogP) is 2.62. The molecule has 1 aliphatic heterocycles. The Morgan fingerprint density at radius 3 is 2.62 bits per heavy atom. The van der Waals surface area contributed by atoms with E-state index in [1.165, 1.54) is 31.7 Å². The van der Waals surface area contributed by atoms with E-state index in [-0.39, 0.29) is 17.5 Å². The first-order chi connectivity index (χ1) is 11.6. The van der Waals surface area contributed by atoms with Crippen LogP contribution in [0.1, 0.15) is 44.6 Å². The molecule has 1 aliphatic carbocycles. The molecule has 2 fully saturated rings. The maximum atomic E-state index is 12.7. The van der Waals surface area contributed by atoms with Crippen molar-refractivity contribution in [3.63, 3.8) is 0 Å². The van der Waals surface area contributed by atoms with E-state index < -0.39 is 0 Å². The lowest BCUT2D eigenvalue weighted by atomic mass is 9.62. The fourth-order valence-electron chi connectivity index (χ4n) is 4.27. The molecule has 0 spiro atoms. The van der Waals surface area contributed by atoms with Gasteiger partial charge in [0.05, 0.1) is 5.54 Å². The fourth-order valence-corrected chi connectivity index (χ4v) is 4.27. The molecule has 2 N–H and O–H groups in total. The van der Waals surface area contributed by atoms with Gasteiger partial charge in [0.15, 0.2) is 0 Å². The lowest BCUT2D eigenvalue weighted by Gasteiger charge is -2.61. The van der Waals surface area contributed by atoms with Crippen molar-refractivity contribution in [3.8, 4) is 0 Å². The summed E-state index contributed by atoms with van der Waals surface area (Å²) < 4.78 is 0. The summed E-state index contributed by atoms with van der Waals surface area (Å²) in [5.74, 6) is 0.552. The van der Waals surface area contributed by atoms with Gasteiger partial charge in [-0.25, -0.2) is 4.79 Å². The van der Waals surface area contributed by atoms with Crippen LogP contribution in [-0.2, 0) is 10.3 Å². The maximum Gasteiger partial charge on any atom is 0.318 e. The standard InChI is InChI=1S/C19H27N3O2/c1-15(23)20-12-7-13-21-18(24)22-14-17-10-5-6-11-19(17,22)16-8-3-2-4-9-16/h2-4,8-9,17H,5-7,10-14H2,1H3,(H,20,23)(H,21,24). The van der Waals surface area contributed by atoms with Crippen molar-refractivity contribution >= 4 is 11.9 Å². The largest absolute Gasteiger partial charge is 0.356 e. The number of rotatable bonds is 5. The molecule has 2 unspecified atom stereocenters. The van der Waals surface area contributed by atoms with E-state index in [4.69, 9.17) is 0 Å². The zero-order valence-corrected chi connectivity index (χ0v) is 14.4. The Balaban J connectivity index is 1.62. The summed E-state index contributed by atoms with van der Waals surface area (Å²) in [7, 11) is 0. The molecule has 1 aromatic carbocycles. The van der Waals surface area contributed by atoms with E-state index in [0.717, 1.165) is 19.4 Å². The van der Waals surface area contributed by atoms with E-state index in [2.05, 4.69) is 34.9 Å². The first-order valence-corrected chi connectivity index (χ1v) is 9.00. The molecular weight excluding hydrogens is 302 g/mol. The van der Waals surface area contributed by atoms with E-state index in [1.807, 2.05) is 11.0 Å². The molecule has 1 aromatic rings. The topological polar surface area (TPSA) is 61.4 Å². The number of nitrogens with one attached hydrogen (secondary N) is 2. The second kappa shape index (κ2) is 7.24. The van der Waals surface area contributed by atoms with Gasteiger partial charge in [0.25, 0.3) is 0 Å². The Kier molecular flexibility index (Phi) is 5.07. The highest BCUT2D eigenvalue weighted by atomic mass is 16.2. The number of fused-ring (bicyclic) bond motifs is 1. The highest BCUT2D eigenvalue weighted by molar-refractivity contribution is 5.77. The van der Waals surface area contributed by atoms with Gasteiger partial charge in [-0.15, -0.1) is 0 Å². The molecule has 5 nitrogen and oxygen atoms in total. The monoisotopic (exact) mass is 329 g/mol. The summed E-state index contributed by atoms with van der Waals surface area (Å²) in [6.45, 7) is 3.55. The zero-order valence-electron chi connectivity index (χ0n) is 14.4. The first kappa shape index (κ1) is 16.8. The number of benzene rings is 1. The Hall–Kier alpha value is -2.04. The smallest absolute Gasteiger partial charge is 0.318 e. The minimum Gasteiger partial charge on any atom is -0.356 e. The second-order valence-electron chi connectivity index (χ2n) is 6.91. The van der Waals surface area contributed by atoms with E-state index in [1.54, 1.807) is 0 Å². The van der Waals surface area contributed by atoms with E-state index >= 15 is 0 Å². The molecule has 1 saturated carbocycles. The summed E-state index contributed by atoms with van der Waals surface area (Å²) in [4.78, 5) is 25.6. The van der Waals surface area contributed by atoms with Crippen molar-refractivity contribution in [1.29, 1.82) is 0 Å². The maximum absolute atomic E-state index is 12.7. The SMILES string of the molecule is CC(=O)NCCCNC(=O)N1CC2CCCCC21c1ccccc1. The number of urea groups is 1. The third-order valence-corrected chi connectivity index (χ3v) is 5.44. The predicted molar refractivity (Wildman–Crippen MR) is 93.5 cm³/mol. The number of nitrogens with zero attached hydrogens (tertiary/aromatic N) is 1. The first-order valence-electron chi connectivity index (χ1n) is 9.00. The molecule has 3 rings (SSSR count). The van der Waals surface area contributed by atoms with Gasteiger partial charge < -0.3 is 15.5 Å². The third kappa shape index (κ3) is 3.12. The normalized spacial score (nSPS) is 25.4. The van der Waals surface area contributed by atoms with E-state index in [9.17, 15) is 9.59 Å². The van der Waals surface area contributed by atoms with Crippen LogP contribution in [0.2, 0.25) is 0 Å². The number of hydrogen-bond donors (Lipinski definition) is 2. The molecule has 0 aromatic heterocycles. The third-order valence-electron chi connectivity index (χ3n) is 5.44. The molecule has 5 heteroatoms. The Bertz CT molecular complexity index is 590. The Morgan fingerprint density at radius 2 is 1.92 bits per heavy atom. The molecule has 2 atom stereocenters. The second-order valence-corrected chi connectivity index (χ2v) is 6.91. The molecule has 130 valence electrons. The average Bonchev–Trinajstić information content (AvgIpc) is 2.56. The van der Waals surface area contributed by atoms with Crippen molar-refractivity contribution in [2.45, 2.75) is 44.6 Å². The van der Waals surface area contributed by atoms with Crippen LogP contribution in [0.4, 0.5) is 4.79 Å². The summed E-state index contributed by atoms with van der Waals surface area (Å²) in [5, 5.41) is 5.77. The molecule has 3 amide bonds. The lowest BCUT2D eigenvalue weighted by molar-refractivity contribution is -0.118. The average molecular weight is 329 g/mol. The minimum atomic E-state index is -0.110. The van der Waals surface area contributed by atoms with Gasteiger partial charge in [-0.3, -0.25) is 4.79 Å². The summed E-state index contributed by atoms with van der Waals surface area (Å²) in [6, 6.07) is 10.5. The van der Waals surface area contributed by atoms with Crippen LogP contribution in [0.5, 0.6) is 0 Å². The highest BCUT2D eigenvalue weighted by Gasteiger charge is 2.56. The molecule has 1 heterocycles. The number of likely N-dealkylation sites (tertiary alicyclic amines) is 1. The van der Waals surface area contributed by atoms with E-state index in [0.29, 0.717) is 19.0 Å². The van der Waals surface area contributed by atoms with Crippen LogP contribution in [0.3, 0.4) is 0 Å². The summed E-state index contributed by atoms with van der Waals surface area (Å²) >= 11 is 0. The molecule has 0 bridgehead atoms. The minimum absolute atomic E-state index is 0.0276. The van der Waals surface area contributed by atoms with Gasteiger partial charge in [0.2, 0.25) is 5.91 Å². The molecule has 2 aliphatic rings. The van der Waals surface area contributed by atoms with Crippen molar-refractivity contribution in [3.05, 3.63) is 35.9 Å². The van der Waals surface area contributed by atoms with Crippen LogP contribution in [0.25, 0.3) is 0 Å². The summed E-state index contributed by atoms with van der Waals surface area (Å²) in [5.41, 5.74) is 1.16. The van der Waals surface area contributed by atoms with Crippen LogP contribution in [0.15, 0.2) is 30.3 Å².